The van der Waals surface area contributed by atoms with Crippen LogP contribution in [0, 0.1) is 0 Å². The molecule has 0 aromatic heterocycles. The van der Waals surface area contributed by atoms with E-state index in [-0.39, 0.29) is 17.8 Å². The summed E-state index contributed by atoms with van der Waals surface area (Å²) < 4.78 is 16.7. The van der Waals surface area contributed by atoms with Crippen molar-refractivity contribution in [3.05, 3.63) is 108 Å². The lowest BCUT2D eigenvalue weighted by Gasteiger charge is -2.26. The van der Waals surface area contributed by atoms with Crippen LogP contribution in [0.4, 0.5) is 21.0 Å². The number of carbonyl (C=O) groups excluding carboxylic acids is 3. The fourth-order valence-electron chi connectivity index (χ4n) is 4.38. The van der Waals surface area contributed by atoms with E-state index in [9.17, 15) is 14.4 Å². The molecule has 0 atom stereocenters. The van der Waals surface area contributed by atoms with Gasteiger partial charge in [0.15, 0.2) is 12.0 Å². The number of anilines is 2. The van der Waals surface area contributed by atoms with Gasteiger partial charge in [-0.2, -0.15) is 0 Å². The number of allylic oxidation sites excluding steroid dienone is 4. The molecule has 1 aliphatic carbocycles. The van der Waals surface area contributed by atoms with Crippen LogP contribution in [0.25, 0.3) is 0 Å². The molecule has 0 saturated heterocycles. The Balaban J connectivity index is 1.38. The quantitative estimate of drug-likeness (QED) is 0.286. The van der Waals surface area contributed by atoms with Crippen molar-refractivity contribution in [3.63, 3.8) is 0 Å². The number of likely N-dealkylation sites (N-methyl/N-ethyl adjacent to an activating group) is 1. The molecule has 4 amide bonds. The van der Waals surface area contributed by atoms with Gasteiger partial charge in [-0.1, -0.05) is 42.5 Å². The summed E-state index contributed by atoms with van der Waals surface area (Å²) in [7, 11) is 3.88. The average molecular weight is 616 g/mol. The molecule has 1 aliphatic heterocycles. The Labute approximate surface area is 264 Å². The second-order valence-electron chi connectivity index (χ2n) is 11.8. The minimum Gasteiger partial charge on any atom is -0.463 e. The smallest absolute Gasteiger partial charge is 0.412 e. The van der Waals surface area contributed by atoms with Gasteiger partial charge in [0, 0.05) is 25.2 Å². The van der Waals surface area contributed by atoms with Gasteiger partial charge in [0.25, 0.3) is 5.91 Å². The maximum absolute atomic E-state index is 13.3. The molecule has 2 aliphatic rings. The number of carbonyl (C=O) groups is 3. The van der Waals surface area contributed by atoms with E-state index in [0.717, 1.165) is 24.0 Å². The van der Waals surface area contributed by atoms with Crippen molar-refractivity contribution in [2.75, 3.05) is 37.8 Å². The molecule has 0 unspecified atom stereocenters. The summed E-state index contributed by atoms with van der Waals surface area (Å²) in [4.78, 5) is 42.4. The molecule has 1 heterocycles. The second kappa shape index (κ2) is 15.1. The largest absolute Gasteiger partial charge is 0.463 e. The number of amides is 4. The summed E-state index contributed by atoms with van der Waals surface area (Å²) in [6.07, 6.45) is 10.0. The Morgan fingerprint density at radius 3 is 2.27 bits per heavy atom. The van der Waals surface area contributed by atoms with Crippen molar-refractivity contribution >= 4 is 29.4 Å². The van der Waals surface area contributed by atoms with E-state index < -0.39 is 11.7 Å². The van der Waals surface area contributed by atoms with Crippen molar-refractivity contribution in [3.8, 4) is 0 Å². The third-order valence-electron chi connectivity index (χ3n) is 6.64. The first-order chi connectivity index (χ1) is 21.5. The molecular formula is C34H41N5O6. The molecule has 45 heavy (non-hydrogen) atoms. The van der Waals surface area contributed by atoms with E-state index in [1.165, 1.54) is 12.5 Å². The molecule has 0 saturated carbocycles. The van der Waals surface area contributed by atoms with Crippen LogP contribution in [0.2, 0.25) is 0 Å². The second-order valence-corrected chi connectivity index (χ2v) is 11.8. The molecule has 0 bridgehead atoms. The highest BCUT2D eigenvalue weighted by molar-refractivity contribution is 6.06. The van der Waals surface area contributed by atoms with Crippen LogP contribution < -0.4 is 16.0 Å². The lowest BCUT2D eigenvalue weighted by molar-refractivity contribution is 0.0635. The SMILES string of the molecule is CN(C)CCN(Cc1ccc(C(=O)Nc2ccccc2NC(=O)OC(C)(C)C)cc1)C(=O)NC1=COC=C(C2=CC=CCC2)O1. The zero-order valence-electron chi connectivity index (χ0n) is 26.4. The van der Waals surface area contributed by atoms with Gasteiger partial charge in [0.2, 0.25) is 5.88 Å². The van der Waals surface area contributed by atoms with E-state index in [0.29, 0.717) is 42.3 Å². The lowest BCUT2D eigenvalue weighted by Crippen LogP contribution is -2.42. The van der Waals surface area contributed by atoms with Gasteiger partial charge in [-0.25, -0.2) is 9.59 Å². The molecule has 4 rings (SSSR count). The highest BCUT2D eigenvalue weighted by Gasteiger charge is 2.21. The van der Waals surface area contributed by atoms with Crippen LogP contribution in [0.3, 0.4) is 0 Å². The zero-order chi connectivity index (χ0) is 32.4. The Bertz CT molecular complexity index is 1500. The molecular weight excluding hydrogens is 574 g/mol. The maximum atomic E-state index is 13.3. The fourth-order valence-corrected chi connectivity index (χ4v) is 4.38. The number of para-hydroxylation sites is 2. The minimum atomic E-state index is -0.659. The molecule has 3 N–H and O–H groups in total. The van der Waals surface area contributed by atoms with E-state index in [1.807, 2.05) is 31.1 Å². The summed E-state index contributed by atoms with van der Waals surface area (Å²) >= 11 is 0. The van der Waals surface area contributed by atoms with Crippen molar-refractivity contribution in [2.45, 2.75) is 45.8 Å². The highest BCUT2D eigenvalue weighted by atomic mass is 16.6. The van der Waals surface area contributed by atoms with Gasteiger partial charge in [0.05, 0.1) is 11.4 Å². The van der Waals surface area contributed by atoms with Crippen LogP contribution in [-0.4, -0.2) is 60.6 Å². The summed E-state index contributed by atoms with van der Waals surface area (Å²) in [5.41, 5.74) is 2.43. The molecule has 0 fully saturated rings. The van der Waals surface area contributed by atoms with Crippen molar-refractivity contribution in [2.24, 2.45) is 0 Å². The van der Waals surface area contributed by atoms with E-state index in [2.05, 4.69) is 22.0 Å². The van der Waals surface area contributed by atoms with Gasteiger partial charge in [-0.15, -0.1) is 0 Å². The Morgan fingerprint density at radius 1 is 0.911 bits per heavy atom. The van der Waals surface area contributed by atoms with Crippen LogP contribution in [0.1, 0.15) is 49.5 Å². The number of hydrogen-bond donors (Lipinski definition) is 3. The molecule has 2 aromatic rings. The summed E-state index contributed by atoms with van der Waals surface area (Å²) in [6.45, 7) is 6.72. The Kier molecular flexibility index (Phi) is 11.0. The molecule has 11 nitrogen and oxygen atoms in total. The zero-order valence-corrected chi connectivity index (χ0v) is 26.4. The third kappa shape index (κ3) is 10.3. The normalized spacial score (nSPS) is 14.2. The number of ether oxygens (including phenoxy) is 3. The molecule has 238 valence electrons. The average Bonchev–Trinajstić information content (AvgIpc) is 3.00. The Morgan fingerprint density at radius 2 is 1.62 bits per heavy atom. The third-order valence-corrected chi connectivity index (χ3v) is 6.64. The van der Waals surface area contributed by atoms with E-state index in [4.69, 9.17) is 14.2 Å². The first-order valence-corrected chi connectivity index (χ1v) is 14.8. The lowest BCUT2D eigenvalue weighted by atomic mass is 10.0. The maximum Gasteiger partial charge on any atom is 0.412 e. The standard InChI is InChI=1S/C34H41N5O6/c1-34(2,3)45-33(42)36-28-14-10-9-13-27(28)35-31(40)26-17-15-24(16-18-26)21-39(20-19-38(4)5)32(41)37-30-23-43-22-29(44-30)25-11-7-6-8-12-25/h6-7,9-11,13-18,22-23H,8,12,19-21H2,1-5H3,(H,35,40)(H,36,42)(H,37,41). The van der Waals surface area contributed by atoms with E-state index >= 15 is 0 Å². The van der Waals surface area contributed by atoms with Crippen molar-refractivity contribution < 1.29 is 28.6 Å². The molecule has 0 spiro atoms. The number of urea groups is 1. The monoisotopic (exact) mass is 615 g/mol. The van der Waals surface area contributed by atoms with Crippen molar-refractivity contribution in [1.82, 2.24) is 15.1 Å². The topological polar surface area (TPSA) is 121 Å². The van der Waals surface area contributed by atoms with Gasteiger partial charge >= 0.3 is 12.1 Å². The number of nitrogens with zero attached hydrogens (tertiary/aromatic N) is 2. The van der Waals surface area contributed by atoms with Crippen LogP contribution in [-0.2, 0) is 20.8 Å². The van der Waals surface area contributed by atoms with Crippen LogP contribution in [0.15, 0.2) is 96.5 Å². The predicted octanol–water partition coefficient (Wildman–Crippen LogP) is 6.32. The van der Waals surface area contributed by atoms with Gasteiger partial charge in [0.1, 0.15) is 11.9 Å². The van der Waals surface area contributed by atoms with E-state index in [1.54, 1.807) is 74.2 Å². The molecule has 2 aromatic carbocycles. The predicted molar refractivity (Wildman–Crippen MR) is 173 cm³/mol. The highest BCUT2D eigenvalue weighted by Crippen LogP contribution is 2.26. The number of hydrogen-bond acceptors (Lipinski definition) is 7. The minimum absolute atomic E-state index is 0.205. The van der Waals surface area contributed by atoms with Crippen LogP contribution >= 0.6 is 0 Å². The molecule has 0 radical (unpaired) electrons. The van der Waals surface area contributed by atoms with Crippen molar-refractivity contribution in [1.29, 1.82) is 0 Å². The number of benzene rings is 2. The fraction of sp³-hybridized carbons (Fsp3) is 0.324. The van der Waals surface area contributed by atoms with Gasteiger partial charge in [-0.3, -0.25) is 15.4 Å². The first kappa shape index (κ1) is 32.9. The van der Waals surface area contributed by atoms with Gasteiger partial charge in [-0.05, 0) is 83.1 Å². The summed E-state index contributed by atoms with van der Waals surface area (Å²) in [6, 6.07) is 13.5. The summed E-state index contributed by atoms with van der Waals surface area (Å²) in [5, 5.41) is 8.34. The first-order valence-electron chi connectivity index (χ1n) is 14.8. The Hall–Kier alpha value is -5.03. The van der Waals surface area contributed by atoms with Gasteiger partial charge < -0.3 is 29.3 Å². The number of rotatable bonds is 10. The molecule has 11 heteroatoms. The summed E-state index contributed by atoms with van der Waals surface area (Å²) in [5.74, 6) is 0.418. The number of nitrogens with one attached hydrogen (secondary N) is 3. The van der Waals surface area contributed by atoms with Crippen LogP contribution in [0.5, 0.6) is 0 Å².